The Morgan fingerprint density at radius 3 is 2.88 bits per heavy atom. The SMILES string of the molecule is CC1CC(NC(=O)[C@@H]2CCCNC2)CCO1.Cl. The summed E-state index contributed by atoms with van der Waals surface area (Å²) in [5, 5.41) is 6.44. The molecule has 17 heavy (non-hydrogen) atoms. The second kappa shape index (κ2) is 7.19. The second-order valence-electron chi connectivity index (χ2n) is 4.95. The lowest BCUT2D eigenvalue weighted by atomic mass is 9.97. The van der Waals surface area contributed by atoms with Crippen LogP contribution < -0.4 is 10.6 Å². The molecule has 0 radical (unpaired) electrons. The normalized spacial score (nSPS) is 33.6. The van der Waals surface area contributed by atoms with Gasteiger partial charge in [0.05, 0.1) is 12.0 Å². The maximum absolute atomic E-state index is 12.0. The highest BCUT2D eigenvalue weighted by Crippen LogP contribution is 2.15. The minimum Gasteiger partial charge on any atom is -0.378 e. The van der Waals surface area contributed by atoms with Gasteiger partial charge in [-0.05, 0) is 39.2 Å². The smallest absolute Gasteiger partial charge is 0.224 e. The molecule has 2 rings (SSSR count). The van der Waals surface area contributed by atoms with E-state index in [9.17, 15) is 4.79 Å². The summed E-state index contributed by atoms with van der Waals surface area (Å²) in [7, 11) is 0. The zero-order valence-corrected chi connectivity index (χ0v) is 11.2. The minimum absolute atomic E-state index is 0. The highest BCUT2D eigenvalue weighted by molar-refractivity contribution is 5.85. The average Bonchev–Trinajstić information content (AvgIpc) is 2.30. The molecule has 0 aliphatic carbocycles. The number of carbonyl (C=O) groups is 1. The third-order valence-electron chi connectivity index (χ3n) is 3.50. The molecule has 0 aromatic rings. The van der Waals surface area contributed by atoms with Crippen molar-refractivity contribution in [3.05, 3.63) is 0 Å². The number of amides is 1. The van der Waals surface area contributed by atoms with Crippen LogP contribution in [0.1, 0.15) is 32.6 Å². The molecule has 3 atom stereocenters. The van der Waals surface area contributed by atoms with E-state index < -0.39 is 0 Å². The summed E-state index contributed by atoms with van der Waals surface area (Å²) >= 11 is 0. The molecule has 1 amide bonds. The van der Waals surface area contributed by atoms with Crippen molar-refractivity contribution < 1.29 is 9.53 Å². The number of halogens is 1. The number of ether oxygens (including phenoxy) is 1. The van der Waals surface area contributed by atoms with E-state index in [-0.39, 0.29) is 30.3 Å². The molecule has 0 bridgehead atoms. The molecule has 100 valence electrons. The lowest BCUT2D eigenvalue weighted by Crippen LogP contribution is -2.47. The maximum Gasteiger partial charge on any atom is 0.224 e. The van der Waals surface area contributed by atoms with Crippen molar-refractivity contribution in [1.82, 2.24) is 10.6 Å². The molecule has 0 aromatic heterocycles. The van der Waals surface area contributed by atoms with E-state index in [1.54, 1.807) is 0 Å². The predicted octanol–water partition coefficient (Wildman–Crippen LogP) is 1.09. The number of rotatable bonds is 2. The number of piperidine rings is 1. The first kappa shape index (κ1) is 14.7. The van der Waals surface area contributed by atoms with E-state index in [0.29, 0.717) is 6.04 Å². The van der Waals surface area contributed by atoms with Gasteiger partial charge in [0.2, 0.25) is 5.91 Å². The maximum atomic E-state index is 12.0. The van der Waals surface area contributed by atoms with Crippen molar-refractivity contribution in [2.24, 2.45) is 5.92 Å². The molecule has 2 aliphatic rings. The summed E-state index contributed by atoms with van der Waals surface area (Å²) < 4.78 is 5.47. The van der Waals surface area contributed by atoms with Crippen LogP contribution in [0.3, 0.4) is 0 Å². The first-order valence-electron chi connectivity index (χ1n) is 6.38. The van der Waals surface area contributed by atoms with Crippen LogP contribution >= 0.6 is 12.4 Å². The Kier molecular flexibility index (Phi) is 6.23. The number of hydrogen-bond acceptors (Lipinski definition) is 3. The van der Waals surface area contributed by atoms with Crippen LogP contribution in [0.2, 0.25) is 0 Å². The van der Waals surface area contributed by atoms with Crippen molar-refractivity contribution >= 4 is 18.3 Å². The second-order valence-corrected chi connectivity index (χ2v) is 4.95. The summed E-state index contributed by atoms with van der Waals surface area (Å²) in [6, 6.07) is 0.318. The van der Waals surface area contributed by atoms with Gasteiger partial charge >= 0.3 is 0 Å². The monoisotopic (exact) mass is 262 g/mol. The molecule has 2 unspecified atom stereocenters. The number of hydrogen-bond donors (Lipinski definition) is 2. The van der Waals surface area contributed by atoms with Crippen molar-refractivity contribution in [2.45, 2.75) is 44.8 Å². The van der Waals surface area contributed by atoms with Gasteiger partial charge in [-0.25, -0.2) is 0 Å². The van der Waals surface area contributed by atoms with Crippen molar-refractivity contribution in [3.8, 4) is 0 Å². The predicted molar refractivity (Wildman–Crippen MR) is 69.4 cm³/mol. The minimum atomic E-state index is 0. The fourth-order valence-electron chi connectivity index (χ4n) is 2.52. The summed E-state index contributed by atoms with van der Waals surface area (Å²) in [6.45, 7) is 4.73. The van der Waals surface area contributed by atoms with Crippen molar-refractivity contribution in [1.29, 1.82) is 0 Å². The van der Waals surface area contributed by atoms with Gasteiger partial charge in [0.15, 0.2) is 0 Å². The summed E-state index contributed by atoms with van der Waals surface area (Å²) in [4.78, 5) is 12.0. The van der Waals surface area contributed by atoms with Crippen LogP contribution in [-0.2, 0) is 9.53 Å². The van der Waals surface area contributed by atoms with Crippen LogP contribution in [0.15, 0.2) is 0 Å². The van der Waals surface area contributed by atoms with Crippen LogP contribution in [0.4, 0.5) is 0 Å². The molecule has 0 saturated carbocycles. The van der Waals surface area contributed by atoms with E-state index in [0.717, 1.165) is 45.4 Å². The van der Waals surface area contributed by atoms with Gasteiger partial charge in [-0.1, -0.05) is 0 Å². The topological polar surface area (TPSA) is 50.4 Å². The molecular formula is C12H23ClN2O2. The van der Waals surface area contributed by atoms with Gasteiger partial charge < -0.3 is 15.4 Å². The Morgan fingerprint density at radius 2 is 2.24 bits per heavy atom. The highest BCUT2D eigenvalue weighted by atomic mass is 35.5. The third kappa shape index (κ3) is 4.45. The summed E-state index contributed by atoms with van der Waals surface area (Å²) in [5.74, 6) is 0.401. The van der Waals surface area contributed by atoms with Gasteiger partial charge in [-0.15, -0.1) is 12.4 Å². The van der Waals surface area contributed by atoms with E-state index in [4.69, 9.17) is 4.74 Å². The molecule has 4 nitrogen and oxygen atoms in total. The van der Waals surface area contributed by atoms with E-state index in [1.165, 1.54) is 0 Å². The Bertz CT molecular complexity index is 245. The molecule has 0 aromatic carbocycles. The number of nitrogens with one attached hydrogen (secondary N) is 2. The van der Waals surface area contributed by atoms with Gasteiger partial charge in [0.1, 0.15) is 0 Å². The molecule has 2 saturated heterocycles. The zero-order valence-electron chi connectivity index (χ0n) is 10.4. The quantitative estimate of drug-likeness (QED) is 0.783. The summed E-state index contributed by atoms with van der Waals surface area (Å²) in [6.07, 6.45) is 4.32. The first-order chi connectivity index (χ1) is 7.75. The van der Waals surface area contributed by atoms with Gasteiger partial charge in [-0.3, -0.25) is 4.79 Å². The van der Waals surface area contributed by atoms with E-state index in [2.05, 4.69) is 17.6 Å². The molecular weight excluding hydrogens is 240 g/mol. The largest absolute Gasteiger partial charge is 0.378 e. The van der Waals surface area contributed by atoms with Crippen LogP contribution in [0, 0.1) is 5.92 Å². The average molecular weight is 263 g/mol. The molecule has 2 fully saturated rings. The standard InChI is InChI=1S/C12H22N2O2.ClH/c1-9-7-11(4-6-16-9)14-12(15)10-3-2-5-13-8-10;/h9-11,13H,2-8H2,1H3,(H,14,15);1H/t9?,10-,11?;/m1./s1. The lowest BCUT2D eigenvalue weighted by Gasteiger charge is -2.30. The Morgan fingerprint density at radius 1 is 1.41 bits per heavy atom. The van der Waals surface area contributed by atoms with Crippen LogP contribution in [0.5, 0.6) is 0 Å². The Balaban J connectivity index is 0.00000144. The lowest BCUT2D eigenvalue weighted by molar-refractivity contribution is -0.127. The van der Waals surface area contributed by atoms with Crippen molar-refractivity contribution in [2.75, 3.05) is 19.7 Å². The number of carbonyl (C=O) groups excluding carboxylic acids is 1. The molecule has 0 spiro atoms. The third-order valence-corrected chi connectivity index (χ3v) is 3.50. The first-order valence-corrected chi connectivity index (χ1v) is 6.38. The molecule has 2 N–H and O–H groups in total. The fourth-order valence-corrected chi connectivity index (χ4v) is 2.52. The zero-order chi connectivity index (χ0) is 11.4. The summed E-state index contributed by atoms with van der Waals surface area (Å²) in [5.41, 5.74) is 0. The molecule has 2 aliphatic heterocycles. The van der Waals surface area contributed by atoms with Gasteiger partial charge in [-0.2, -0.15) is 0 Å². The van der Waals surface area contributed by atoms with Gasteiger partial charge in [0, 0.05) is 19.2 Å². The van der Waals surface area contributed by atoms with Crippen LogP contribution in [-0.4, -0.2) is 37.7 Å². The Labute approximate surface area is 109 Å². The van der Waals surface area contributed by atoms with E-state index >= 15 is 0 Å². The fraction of sp³-hybridized carbons (Fsp3) is 0.917. The van der Waals surface area contributed by atoms with Gasteiger partial charge in [0.25, 0.3) is 0 Å². The van der Waals surface area contributed by atoms with Crippen molar-refractivity contribution in [3.63, 3.8) is 0 Å². The van der Waals surface area contributed by atoms with E-state index in [1.807, 2.05) is 0 Å². The molecule has 2 heterocycles. The van der Waals surface area contributed by atoms with Crippen LogP contribution in [0.25, 0.3) is 0 Å². The Hall–Kier alpha value is -0.320. The molecule has 5 heteroatoms. The highest BCUT2D eigenvalue weighted by Gasteiger charge is 2.25.